The van der Waals surface area contributed by atoms with Crippen LogP contribution in [0.5, 0.6) is 5.75 Å². The zero-order valence-electron chi connectivity index (χ0n) is 14.0. The Labute approximate surface area is 144 Å². The minimum atomic E-state index is 0. The van der Waals surface area contributed by atoms with E-state index in [-0.39, 0.29) is 13.8 Å². The van der Waals surface area contributed by atoms with Crippen LogP contribution >= 0.6 is 11.8 Å². The highest BCUT2D eigenvalue weighted by Gasteiger charge is 2.10. The summed E-state index contributed by atoms with van der Waals surface area (Å²) in [5.74, 6) is 0.933. The second kappa shape index (κ2) is 10.4. The third-order valence-electron chi connectivity index (χ3n) is 3.18. The summed E-state index contributed by atoms with van der Waals surface area (Å²) in [5.41, 5.74) is 2.19. The van der Waals surface area contributed by atoms with Gasteiger partial charge in [0, 0.05) is 18.0 Å². The minimum Gasteiger partial charge on any atom is -1.00 e. The zero-order chi connectivity index (χ0) is 14.9. The predicted octanol–water partition coefficient (Wildman–Crippen LogP) is 1.78. The highest BCUT2D eigenvalue weighted by molar-refractivity contribution is 8.01. The van der Waals surface area contributed by atoms with Gasteiger partial charge in [-0.1, -0.05) is 31.9 Å². The molecule has 0 spiro atoms. The topological polar surface area (TPSA) is 27.1 Å². The predicted molar refractivity (Wildman–Crippen MR) is 91.7 cm³/mol. The van der Waals surface area contributed by atoms with E-state index in [1.165, 1.54) is 12.8 Å². The minimum absolute atomic E-state index is 0. The highest BCUT2D eigenvalue weighted by Crippen LogP contribution is 2.28. The van der Waals surface area contributed by atoms with Gasteiger partial charge in [0.2, 0.25) is 0 Å². The first-order valence-electron chi connectivity index (χ1n) is 7.30. The molecular formula is C17H23ClN2OS. The molecule has 22 heavy (non-hydrogen) atoms. The Morgan fingerprint density at radius 1 is 1.36 bits per heavy atom. The number of hydrogen-bond donors (Lipinski definition) is 0. The molecule has 0 bridgehead atoms. The van der Waals surface area contributed by atoms with E-state index in [1.807, 2.05) is 35.3 Å². The molecular weight excluding hydrogens is 316 g/mol. The first-order chi connectivity index (χ1) is 10.4. The number of hydrogen-bond acceptors (Lipinski definition) is 3. The van der Waals surface area contributed by atoms with Crippen molar-refractivity contribution in [2.75, 3.05) is 12.9 Å². The maximum absolute atomic E-state index is 5.98. The van der Waals surface area contributed by atoms with Crippen molar-refractivity contribution >= 4 is 17.5 Å². The molecule has 1 heterocycles. The molecule has 0 unspecified atom stereocenters. The summed E-state index contributed by atoms with van der Waals surface area (Å²) in [6, 6.07) is 8.19. The number of aromatic nitrogens is 2. The molecule has 0 saturated heterocycles. The van der Waals surface area contributed by atoms with Gasteiger partial charge in [0.25, 0.3) is 0 Å². The van der Waals surface area contributed by atoms with Crippen molar-refractivity contribution in [3.05, 3.63) is 54.0 Å². The van der Waals surface area contributed by atoms with Crippen molar-refractivity contribution in [3.8, 4) is 5.75 Å². The molecule has 0 aliphatic heterocycles. The number of para-hydroxylation sites is 1. The third-order valence-corrected chi connectivity index (χ3v) is 3.64. The second-order valence-electron chi connectivity index (χ2n) is 4.76. The third kappa shape index (κ3) is 5.11. The Balaban J connectivity index is 0.00000242. The lowest BCUT2D eigenvalue weighted by Gasteiger charge is -2.14. The van der Waals surface area contributed by atoms with Crippen LogP contribution in [0.15, 0.2) is 48.4 Å². The van der Waals surface area contributed by atoms with Gasteiger partial charge in [-0.25, -0.2) is 4.98 Å². The van der Waals surface area contributed by atoms with Crippen LogP contribution in [0.2, 0.25) is 0 Å². The number of halogens is 1. The van der Waals surface area contributed by atoms with Gasteiger partial charge in [-0.15, -0.1) is 11.8 Å². The maximum Gasteiger partial charge on any atom is 1.00 e. The summed E-state index contributed by atoms with van der Waals surface area (Å²) in [6.45, 7) is 2.97. The average molecular weight is 339 g/mol. The molecule has 0 saturated carbocycles. The lowest BCUT2D eigenvalue weighted by Crippen LogP contribution is -3.00. The number of rotatable bonds is 8. The van der Waals surface area contributed by atoms with Crippen LogP contribution < -0.4 is 17.1 Å². The van der Waals surface area contributed by atoms with E-state index in [1.54, 1.807) is 18.0 Å². The van der Waals surface area contributed by atoms with Crippen LogP contribution in [-0.2, 0) is 0 Å². The fourth-order valence-electron chi connectivity index (χ4n) is 2.11. The van der Waals surface area contributed by atoms with E-state index < -0.39 is 0 Å². The van der Waals surface area contributed by atoms with Crippen molar-refractivity contribution in [3.63, 3.8) is 0 Å². The van der Waals surface area contributed by atoms with Gasteiger partial charge in [0.05, 0.1) is 18.6 Å². The number of benzene rings is 1. The first-order valence-corrected chi connectivity index (χ1v) is 8.59. The van der Waals surface area contributed by atoms with E-state index in [2.05, 4.69) is 29.6 Å². The molecule has 120 valence electrons. The number of ether oxygens (including phenoxy) is 1. The van der Waals surface area contributed by atoms with E-state index >= 15 is 0 Å². The van der Waals surface area contributed by atoms with Crippen LogP contribution in [-0.4, -0.2) is 22.4 Å². The molecule has 2 rings (SSSR count). The fourth-order valence-corrected chi connectivity index (χ4v) is 2.59. The van der Waals surface area contributed by atoms with Crippen LogP contribution in [0.1, 0.15) is 33.2 Å². The van der Waals surface area contributed by atoms with Crippen LogP contribution in [0.3, 0.4) is 0 Å². The molecule has 0 fully saturated rings. The SMILES string of the molecule is CCCCCOc1ccccc1/C(=C\SC)n1ccnc1.[Cl-].[H+]. The molecule has 2 aromatic rings. The second-order valence-corrected chi connectivity index (χ2v) is 5.47. The van der Waals surface area contributed by atoms with E-state index in [4.69, 9.17) is 4.74 Å². The number of unbranched alkanes of at least 4 members (excludes halogenated alkanes) is 2. The smallest absolute Gasteiger partial charge is 1.00 e. The van der Waals surface area contributed by atoms with Gasteiger partial charge in [0.1, 0.15) is 5.75 Å². The molecule has 0 aliphatic rings. The van der Waals surface area contributed by atoms with Gasteiger partial charge in [-0.3, -0.25) is 0 Å². The van der Waals surface area contributed by atoms with Gasteiger partial charge in [0.15, 0.2) is 0 Å². The molecule has 1 aromatic carbocycles. The quantitative estimate of drug-likeness (QED) is 0.687. The van der Waals surface area contributed by atoms with Crippen molar-refractivity contribution in [2.24, 2.45) is 0 Å². The Morgan fingerprint density at radius 3 is 2.86 bits per heavy atom. The maximum atomic E-state index is 5.98. The molecule has 0 N–H and O–H groups in total. The molecule has 5 heteroatoms. The molecule has 3 nitrogen and oxygen atoms in total. The van der Waals surface area contributed by atoms with E-state index in [0.717, 1.165) is 30.0 Å². The van der Waals surface area contributed by atoms with Gasteiger partial charge in [-0.2, -0.15) is 0 Å². The monoisotopic (exact) mass is 338 g/mol. The summed E-state index contributed by atoms with van der Waals surface area (Å²) in [4.78, 5) is 4.14. The highest BCUT2D eigenvalue weighted by atomic mass is 35.5. The van der Waals surface area contributed by atoms with Crippen LogP contribution in [0, 0.1) is 0 Å². The molecule has 0 radical (unpaired) electrons. The Hall–Kier alpha value is -1.39. The van der Waals surface area contributed by atoms with E-state index in [0.29, 0.717) is 0 Å². The number of imidazole rings is 1. The summed E-state index contributed by atoms with van der Waals surface area (Å²) in [7, 11) is 0. The first kappa shape index (κ1) is 18.7. The summed E-state index contributed by atoms with van der Waals surface area (Å²) >= 11 is 1.68. The Bertz CT molecular complexity index is 576. The van der Waals surface area contributed by atoms with Crippen molar-refractivity contribution in [1.29, 1.82) is 0 Å². The summed E-state index contributed by atoms with van der Waals surface area (Å²) in [5, 5.41) is 2.12. The van der Waals surface area contributed by atoms with Gasteiger partial charge >= 0.3 is 1.43 Å². The largest absolute Gasteiger partial charge is 1.00 e. The fraction of sp³-hybridized carbons (Fsp3) is 0.353. The molecule has 0 amide bonds. The van der Waals surface area contributed by atoms with Crippen molar-refractivity contribution in [1.82, 2.24) is 9.55 Å². The van der Waals surface area contributed by atoms with Crippen LogP contribution in [0.4, 0.5) is 0 Å². The van der Waals surface area contributed by atoms with Gasteiger partial charge < -0.3 is 21.7 Å². The Morgan fingerprint density at radius 2 is 2.18 bits per heavy atom. The normalized spacial score (nSPS) is 11.1. The number of thioether (sulfide) groups is 1. The molecule has 1 aromatic heterocycles. The van der Waals surface area contributed by atoms with Crippen molar-refractivity contribution < 1.29 is 18.6 Å². The van der Waals surface area contributed by atoms with E-state index in [9.17, 15) is 0 Å². The Kier molecular flexibility index (Phi) is 8.78. The number of nitrogens with zero attached hydrogens (tertiary/aromatic N) is 2. The summed E-state index contributed by atoms with van der Waals surface area (Å²) in [6.07, 6.45) is 11.1. The van der Waals surface area contributed by atoms with Gasteiger partial charge in [-0.05, 0) is 30.2 Å². The molecule has 0 atom stereocenters. The zero-order valence-corrected chi connectivity index (χ0v) is 14.6. The lowest BCUT2D eigenvalue weighted by molar-refractivity contribution is -0.00000485. The molecule has 0 aliphatic carbocycles. The lowest BCUT2D eigenvalue weighted by atomic mass is 10.1. The standard InChI is InChI=1S/C17H22N2OS.ClH/c1-3-4-7-12-20-17-9-6-5-8-15(17)16(13-21-2)19-11-10-18-14-19;/h5-6,8-11,13-14H,3-4,7,12H2,1-2H3;1H/b16-13+;. The average Bonchev–Trinajstić information content (AvgIpc) is 3.04. The van der Waals surface area contributed by atoms with Crippen LogP contribution in [0.25, 0.3) is 5.70 Å². The van der Waals surface area contributed by atoms with Crippen molar-refractivity contribution in [2.45, 2.75) is 26.2 Å². The summed E-state index contributed by atoms with van der Waals surface area (Å²) < 4.78 is 8.00.